The smallest absolute Gasteiger partial charge is 0.366 e. The van der Waals surface area contributed by atoms with E-state index in [0.717, 1.165) is 109 Å². The summed E-state index contributed by atoms with van der Waals surface area (Å²) in [4.78, 5) is 77.3. The van der Waals surface area contributed by atoms with Crippen molar-refractivity contribution >= 4 is 29.7 Å². The van der Waals surface area contributed by atoms with Crippen LogP contribution in [0.25, 0.3) is 0 Å². The maximum absolute atomic E-state index is 16.6. The lowest BCUT2D eigenvalue weighted by Gasteiger charge is -2.54. The Morgan fingerprint density at radius 3 is 1.35 bits per heavy atom. The van der Waals surface area contributed by atoms with Gasteiger partial charge in [-0.25, -0.2) is 9.59 Å². The number of carbonyl (C=O) groups is 5. The normalized spacial score (nSPS) is 36.9. The zero-order chi connectivity index (χ0) is 149. The second-order valence-corrected chi connectivity index (χ2v) is 32.5. The number of esters is 2. The number of likely N-dealkylation sites (N-methyl/N-ethyl adjacent to an activating group) is 3. The van der Waals surface area contributed by atoms with Crippen molar-refractivity contribution in [1.82, 2.24) is 14.7 Å². The number of hydrogen-bond acceptors (Lipinski definition) is 32. The summed E-state index contributed by atoms with van der Waals surface area (Å²) in [5.74, 6) is -22.0. The summed E-state index contributed by atoms with van der Waals surface area (Å²) in [5.41, 5.74) is 0. The highest BCUT2D eigenvalue weighted by atomic mass is 16.8. The molecule has 770 valence electrons. The molecular weight excluding hydrogens is 1710 g/mol. The molecule has 0 bridgehead atoms. The van der Waals surface area contributed by atoms with Gasteiger partial charge in [-0.1, -0.05) is 206 Å². The molecule has 0 radical (unpaired) electrons. The van der Waals surface area contributed by atoms with Crippen LogP contribution < -0.4 is 0 Å². The Bertz CT molecular complexity index is 5330. The van der Waals surface area contributed by atoms with Gasteiger partial charge in [0.25, 0.3) is 17.5 Å². The van der Waals surface area contributed by atoms with Crippen LogP contribution in [0.5, 0.6) is 0 Å². The zero-order valence-corrected chi connectivity index (χ0v) is 74.5. The minimum atomic E-state index is -5.08. The molecule has 35 nitrogen and oxygen atoms in total. The van der Waals surface area contributed by atoms with E-state index >= 15 is 19.2 Å². The first-order valence-electron chi connectivity index (χ1n) is 75.5. The Morgan fingerprint density at radius 2 is 0.863 bits per heavy atom. The monoisotopic (exact) mass is 1950 g/mol. The average molecular weight is 1950 g/mol. The van der Waals surface area contributed by atoms with Crippen LogP contribution in [0.15, 0.2) is 0 Å². The first-order valence-corrected chi connectivity index (χ1v) is 44.0. The van der Waals surface area contributed by atoms with E-state index in [-0.39, 0.29) is 35.5 Å². The molecule has 0 aliphatic carbocycles. The van der Waals surface area contributed by atoms with Crippen LogP contribution >= 0.6 is 0 Å². The first-order chi connectivity index (χ1) is 87.6. The molecule has 3 amide bonds. The molecule has 131 heavy (non-hydrogen) atoms. The highest BCUT2D eigenvalue weighted by Gasteiger charge is 2.64. The summed E-state index contributed by atoms with van der Waals surface area (Å²) in [6, 6.07) is -9.98. The van der Waals surface area contributed by atoms with Gasteiger partial charge in [-0.3, -0.25) is 14.4 Å². The maximum Gasteiger partial charge on any atom is 0.366 e. The number of amides is 3. The molecule has 4 aliphatic heterocycles. The van der Waals surface area contributed by atoms with Gasteiger partial charge in [-0.15, -0.1) is 0 Å². The van der Waals surface area contributed by atoms with E-state index in [2.05, 4.69) is 11.7 Å². The standard InChI is InChI=1S/C96H179N3O32/c1-26-28-30-32-34-36-38-40-41-42-43-44-45-47-49-51-53-55-57-69(110-12)90(102)98(5)67(79(115-17)68(109-11)56-54-52-50-48-46-39-37-35-33-31-29-27-2)60-124-91-88(120-22)86(119-21)83(75(126-91)64-108-10)128-92-89(121-23)87(82(118-20)74(127-92)63-107-9)131-96(94(104)123-25)59-71(112-14)78(85(130-96)81(117-19)73(114-16)62-106-8)99(6)76(101)65-125-95(93(103)122-24)58-70(111-13)77(97(4)66(3)100)84(129-95)80(116-18)72(113-15)61-105-7/h67-75,77-89,91-92H,26-65H2,1-25H3/t67-,68+,69+,70-,71-,72+,73+,74+,75+,77+,78+,79-,80+,81+,82-,83+,84+,85+,86-,87-,88+,89+,91+,92-,95+,96-/m0/s1/i4D3,5D3,6D3,7D3,8D3,9D3,10D3,11D3,12D3,13D3,14D3,16D3,17D3,18D3,19D3,20D3,21D3,22D3,23D3,24D3,25D3. The van der Waals surface area contributed by atoms with Crippen molar-refractivity contribution in [1.29, 1.82) is 0 Å². The van der Waals surface area contributed by atoms with E-state index in [9.17, 15) is 13.0 Å². The number of unbranched alkanes of at least 4 members (excludes halogenated alkanes) is 28. The molecule has 0 spiro atoms. The summed E-state index contributed by atoms with van der Waals surface area (Å²) in [5, 5.41) is 0. The molecule has 26 atom stereocenters. The number of ether oxygens (including phenoxy) is 27. The number of rotatable bonds is 75. The zero-order valence-electron chi connectivity index (χ0n) is 138. The quantitative estimate of drug-likeness (QED) is 0.0403. The lowest BCUT2D eigenvalue weighted by atomic mass is 9.86. The molecule has 0 aromatic rings. The van der Waals surface area contributed by atoms with E-state index in [1.54, 1.807) is 0 Å². The molecule has 0 aromatic heterocycles. The van der Waals surface area contributed by atoms with Crippen molar-refractivity contribution in [2.24, 2.45) is 0 Å². The topological polar surface area (TPSA) is 344 Å². The van der Waals surface area contributed by atoms with Crippen molar-refractivity contribution in [2.75, 3.05) is 194 Å². The van der Waals surface area contributed by atoms with Crippen LogP contribution in [-0.4, -0.2) is 397 Å². The molecule has 4 fully saturated rings. The predicted octanol–water partition coefficient (Wildman–Crippen LogP) is 11.4. The molecule has 0 saturated carbocycles. The molecule has 4 saturated heterocycles. The van der Waals surface area contributed by atoms with Gasteiger partial charge in [0.2, 0.25) is 11.8 Å². The van der Waals surface area contributed by atoms with Crippen molar-refractivity contribution < 1.29 is 238 Å². The van der Waals surface area contributed by atoms with Crippen LogP contribution in [0.1, 0.15) is 325 Å². The number of hydrogen-bond donors (Lipinski definition) is 0. The van der Waals surface area contributed by atoms with Gasteiger partial charge in [-0.2, -0.15) is 0 Å². The van der Waals surface area contributed by atoms with Crippen molar-refractivity contribution in [3.63, 3.8) is 0 Å². The summed E-state index contributed by atoms with van der Waals surface area (Å²) in [6.45, 7) is -21.3. The maximum atomic E-state index is 16.6. The fourth-order valence-electron chi connectivity index (χ4n) is 16.7. The van der Waals surface area contributed by atoms with Crippen molar-refractivity contribution in [3.05, 3.63) is 0 Å². The van der Waals surface area contributed by atoms with Crippen LogP contribution in [0.3, 0.4) is 0 Å². The third-order valence-corrected chi connectivity index (χ3v) is 23.8. The number of methoxy groups -OCH3 is 19. The average Bonchev–Trinajstić information content (AvgIpc) is 0.721. The largest absolute Gasteiger partial charge is 0.465 e. The molecule has 0 aromatic carbocycles. The van der Waals surface area contributed by atoms with E-state index in [1.807, 2.05) is 6.92 Å². The molecule has 4 heterocycles. The molecule has 0 unspecified atom stereocenters. The molecular formula is C96H179N3O32. The second-order valence-electron chi connectivity index (χ2n) is 32.5. The molecule has 35 heteroatoms. The predicted molar refractivity (Wildman–Crippen MR) is 490 cm³/mol. The second kappa shape index (κ2) is 67.6. The summed E-state index contributed by atoms with van der Waals surface area (Å²) in [7, 11) is -75.3. The Labute approximate surface area is 874 Å². The van der Waals surface area contributed by atoms with Crippen LogP contribution in [-0.2, 0) is 152 Å². The number of nitrogens with zero attached hydrogens (tertiary/aromatic N) is 3. The van der Waals surface area contributed by atoms with E-state index in [4.69, 9.17) is 201 Å². The fourth-order valence-corrected chi connectivity index (χ4v) is 16.7. The Morgan fingerprint density at radius 1 is 0.412 bits per heavy atom. The third-order valence-electron chi connectivity index (χ3n) is 23.8. The lowest BCUT2D eigenvalue weighted by molar-refractivity contribution is -0.393. The highest BCUT2D eigenvalue weighted by molar-refractivity contribution is 5.82. The number of carbonyl (C=O) groups excluding carboxylic acids is 5. The van der Waals surface area contributed by atoms with E-state index in [1.165, 1.54) is 19.3 Å². The van der Waals surface area contributed by atoms with Crippen LogP contribution in [0, 0.1) is 0 Å². The van der Waals surface area contributed by atoms with Gasteiger partial charge in [-0.05, 0) is 12.8 Å². The van der Waals surface area contributed by atoms with Gasteiger partial charge in [0, 0.05) is 173 Å². The minimum absolute atomic E-state index is 0.113. The molecule has 4 aliphatic rings. The Balaban J connectivity index is 2.51. The summed E-state index contributed by atoms with van der Waals surface area (Å²) in [6.07, 6.45) is -53.2. The first kappa shape index (κ1) is 54.4. The van der Waals surface area contributed by atoms with Gasteiger partial charge in [0.05, 0.1) is 158 Å². The van der Waals surface area contributed by atoms with Gasteiger partial charge in [0.15, 0.2) is 12.6 Å². The van der Waals surface area contributed by atoms with Gasteiger partial charge >= 0.3 is 11.9 Å². The van der Waals surface area contributed by atoms with E-state index in [0.29, 0.717) is 52.6 Å². The van der Waals surface area contributed by atoms with Crippen LogP contribution in [0.2, 0.25) is 0 Å². The fraction of sp³-hybridized carbons (Fsp3) is 0.948. The molecule has 0 N–H and O–H groups in total. The highest BCUT2D eigenvalue weighted by Crippen LogP contribution is 2.45. The van der Waals surface area contributed by atoms with Gasteiger partial charge in [0.1, 0.15) is 104 Å². The van der Waals surface area contributed by atoms with Crippen molar-refractivity contribution in [3.8, 4) is 0 Å². The summed E-state index contributed by atoms with van der Waals surface area (Å²) >= 11 is 0. The Kier molecular flexibility index (Phi) is 28.1. The third kappa shape index (κ3) is 36.2. The minimum Gasteiger partial charge on any atom is -0.465 e. The van der Waals surface area contributed by atoms with Crippen LogP contribution in [0.4, 0.5) is 0 Å². The lowest BCUT2D eigenvalue weighted by Crippen LogP contribution is -2.72. The van der Waals surface area contributed by atoms with E-state index < -0.39 is 406 Å². The van der Waals surface area contributed by atoms with Gasteiger partial charge < -0.3 is 143 Å². The van der Waals surface area contributed by atoms with Crippen molar-refractivity contribution in [2.45, 2.75) is 397 Å². The SMILES string of the molecule is [2H]C([2H])([2H])OC[C@H]1O[C@@H](O[C@H]2[C@H](OC([2H])([2H])[2H])[C@@H](OC([2H])([2H])[2H])[C@H](OC[C@@H]([C@H](OC([2H])([2H])[2H])[C@@H](CCCCCCCCCCCCCC)OC([2H])([2H])[2H])N(C(=O)[C@@H](CCCCCCCCCCCCCCCCCCCC)OC([2H])([2H])[2H])C([2H])([2H])[2H])O[C@@H]2COC([2H])([2H])[2H])[C@H](OC([2H])([2H])[2H])[C@@H](O[C@]2(C(=O)OC([2H])([2H])[2H])C[C@H](OC([2H])([2H])[2H])[C@@H](N(C(=O)CO[C@]3(C(=O)OC([2H])([2H])[2H])C[C@H](OC([2H])([2H])[2H])[C@@H](N(C(C)=O)C([2H])([2H])[2H])[C@H]([C@H](OC([2H])([2H])[2H])[C@@H](COC([2H])([2H])[2H])OC)O3)C([2H])([2H])[2H])[C@H]([C@H](OC([2H])([2H])[2H])[C@@H](COC([2H])([2H])[2H])OC([2H])([2H])[2H])O2)[C@H]1OC([2H])([2H])[2H]. The summed E-state index contributed by atoms with van der Waals surface area (Å²) < 4.78 is 692. The molecule has 4 rings (SSSR count). The Hall–Kier alpha value is -3.65.